The van der Waals surface area contributed by atoms with E-state index >= 15 is 0 Å². The molecule has 1 N–H and O–H groups in total. The van der Waals surface area contributed by atoms with E-state index in [2.05, 4.69) is 5.10 Å². The maximum atomic E-state index is 12.5. The Hall–Kier alpha value is -2.70. The predicted octanol–water partition coefficient (Wildman–Crippen LogP) is 1.50. The van der Waals surface area contributed by atoms with Crippen molar-refractivity contribution >= 4 is 22.6 Å². The summed E-state index contributed by atoms with van der Waals surface area (Å²) in [5.74, 6) is -0.754. The first-order valence-electron chi connectivity index (χ1n) is 8.49. The molecule has 1 aromatic heterocycles. The Labute approximate surface area is 144 Å². The van der Waals surface area contributed by atoms with Crippen molar-refractivity contribution in [2.24, 2.45) is 5.92 Å². The van der Waals surface area contributed by atoms with Gasteiger partial charge in [-0.05, 0) is 31.2 Å². The lowest BCUT2D eigenvalue weighted by atomic mass is 9.93. The highest BCUT2D eigenvalue weighted by Crippen LogP contribution is 2.21. The summed E-state index contributed by atoms with van der Waals surface area (Å²) >= 11 is 0. The van der Waals surface area contributed by atoms with E-state index in [1.54, 1.807) is 23.2 Å². The molecule has 132 valence electrons. The molecule has 7 heteroatoms. The molecule has 2 aromatic rings. The third-order valence-electron chi connectivity index (χ3n) is 4.69. The van der Waals surface area contributed by atoms with Gasteiger partial charge in [0, 0.05) is 24.9 Å². The van der Waals surface area contributed by atoms with Gasteiger partial charge in [0.25, 0.3) is 5.56 Å². The van der Waals surface area contributed by atoms with Crippen LogP contribution in [0.2, 0.25) is 0 Å². The number of carbonyl (C=O) groups is 2. The van der Waals surface area contributed by atoms with E-state index in [9.17, 15) is 14.4 Å². The molecule has 1 unspecified atom stereocenters. The molecule has 0 saturated carbocycles. The SMILES string of the molecule is O=C(O)CCC1CCCN(C(=O)Cn2ncc3ccccc3c2=O)C1. The van der Waals surface area contributed by atoms with Gasteiger partial charge in [0.1, 0.15) is 6.54 Å². The fourth-order valence-electron chi connectivity index (χ4n) is 3.32. The first-order chi connectivity index (χ1) is 12.0. The van der Waals surface area contributed by atoms with Crippen LogP contribution >= 0.6 is 0 Å². The summed E-state index contributed by atoms with van der Waals surface area (Å²) in [6.45, 7) is 1.11. The quantitative estimate of drug-likeness (QED) is 0.888. The minimum absolute atomic E-state index is 0.0880. The molecule has 0 spiro atoms. The summed E-state index contributed by atoms with van der Waals surface area (Å²) < 4.78 is 1.20. The molecule has 0 radical (unpaired) electrons. The van der Waals surface area contributed by atoms with Crippen molar-refractivity contribution in [1.29, 1.82) is 0 Å². The number of piperidine rings is 1. The number of aliphatic carboxylic acids is 1. The number of carboxylic acid groups (broad SMARTS) is 1. The minimum Gasteiger partial charge on any atom is -0.481 e. The molecule has 25 heavy (non-hydrogen) atoms. The van der Waals surface area contributed by atoms with Gasteiger partial charge < -0.3 is 10.0 Å². The van der Waals surface area contributed by atoms with Crippen LogP contribution in [0.5, 0.6) is 0 Å². The molecular formula is C18H21N3O4. The van der Waals surface area contributed by atoms with E-state index < -0.39 is 5.97 Å². The fraction of sp³-hybridized carbons (Fsp3) is 0.444. The van der Waals surface area contributed by atoms with Crippen molar-refractivity contribution in [1.82, 2.24) is 14.7 Å². The molecule has 1 aliphatic rings. The number of hydrogen-bond acceptors (Lipinski definition) is 4. The maximum absolute atomic E-state index is 12.5. The van der Waals surface area contributed by atoms with Gasteiger partial charge in [-0.15, -0.1) is 0 Å². The zero-order chi connectivity index (χ0) is 17.8. The van der Waals surface area contributed by atoms with Gasteiger partial charge in [-0.25, -0.2) is 4.68 Å². The summed E-state index contributed by atoms with van der Waals surface area (Å²) in [5, 5.41) is 14.2. The van der Waals surface area contributed by atoms with Crippen LogP contribution in [-0.2, 0) is 16.1 Å². The third-order valence-corrected chi connectivity index (χ3v) is 4.69. The Balaban J connectivity index is 1.68. The second kappa shape index (κ2) is 7.46. The predicted molar refractivity (Wildman–Crippen MR) is 92.2 cm³/mol. The molecule has 1 saturated heterocycles. The number of nitrogens with zero attached hydrogens (tertiary/aromatic N) is 3. The summed E-state index contributed by atoms with van der Waals surface area (Å²) in [5.41, 5.74) is -0.272. The van der Waals surface area contributed by atoms with Crippen molar-refractivity contribution in [3.8, 4) is 0 Å². The molecule has 1 aliphatic heterocycles. The van der Waals surface area contributed by atoms with Crippen molar-refractivity contribution in [2.75, 3.05) is 13.1 Å². The van der Waals surface area contributed by atoms with Crippen molar-refractivity contribution in [3.63, 3.8) is 0 Å². The summed E-state index contributed by atoms with van der Waals surface area (Å²) in [6.07, 6.45) is 4.09. The van der Waals surface area contributed by atoms with Crippen LogP contribution in [0.3, 0.4) is 0 Å². The van der Waals surface area contributed by atoms with Crippen LogP contribution in [0.4, 0.5) is 0 Å². The van der Waals surface area contributed by atoms with Crippen LogP contribution in [0.25, 0.3) is 10.8 Å². The minimum atomic E-state index is -0.810. The van der Waals surface area contributed by atoms with E-state index in [1.807, 2.05) is 12.1 Å². The van der Waals surface area contributed by atoms with Crippen molar-refractivity contribution in [3.05, 3.63) is 40.8 Å². The number of likely N-dealkylation sites (tertiary alicyclic amines) is 1. The second-order valence-electron chi connectivity index (χ2n) is 6.48. The molecular weight excluding hydrogens is 322 g/mol. The van der Waals surface area contributed by atoms with Gasteiger partial charge in [-0.3, -0.25) is 14.4 Å². The highest BCUT2D eigenvalue weighted by molar-refractivity contribution is 5.81. The molecule has 1 aromatic carbocycles. The molecule has 0 aliphatic carbocycles. The Morgan fingerprint density at radius 2 is 2.08 bits per heavy atom. The topological polar surface area (TPSA) is 92.5 Å². The summed E-state index contributed by atoms with van der Waals surface area (Å²) in [6, 6.07) is 7.16. The third kappa shape index (κ3) is 4.04. The summed E-state index contributed by atoms with van der Waals surface area (Å²) in [4.78, 5) is 37.4. The van der Waals surface area contributed by atoms with Gasteiger partial charge in [-0.1, -0.05) is 18.2 Å². The van der Waals surface area contributed by atoms with Crippen molar-refractivity contribution in [2.45, 2.75) is 32.2 Å². The van der Waals surface area contributed by atoms with Gasteiger partial charge >= 0.3 is 5.97 Å². The average Bonchev–Trinajstić information content (AvgIpc) is 2.62. The van der Waals surface area contributed by atoms with Crippen LogP contribution in [0.15, 0.2) is 35.3 Å². The highest BCUT2D eigenvalue weighted by Gasteiger charge is 2.24. The molecule has 1 fully saturated rings. The van der Waals surface area contributed by atoms with E-state index in [-0.39, 0.29) is 30.3 Å². The number of carboxylic acids is 1. The zero-order valence-corrected chi connectivity index (χ0v) is 13.9. The van der Waals surface area contributed by atoms with E-state index in [0.29, 0.717) is 24.9 Å². The van der Waals surface area contributed by atoms with Gasteiger partial charge in [0.15, 0.2) is 0 Å². The maximum Gasteiger partial charge on any atom is 0.303 e. The lowest BCUT2D eigenvalue weighted by Gasteiger charge is -2.32. The monoisotopic (exact) mass is 343 g/mol. The molecule has 1 amide bonds. The Morgan fingerprint density at radius 1 is 1.28 bits per heavy atom. The molecule has 3 rings (SSSR count). The molecule has 0 bridgehead atoms. The van der Waals surface area contributed by atoms with Crippen LogP contribution in [0, 0.1) is 5.92 Å². The van der Waals surface area contributed by atoms with E-state index in [4.69, 9.17) is 5.11 Å². The van der Waals surface area contributed by atoms with Gasteiger partial charge in [0.2, 0.25) is 5.91 Å². The fourth-order valence-corrected chi connectivity index (χ4v) is 3.32. The van der Waals surface area contributed by atoms with Gasteiger partial charge in [0.05, 0.1) is 11.6 Å². The molecule has 7 nitrogen and oxygen atoms in total. The number of rotatable bonds is 5. The number of fused-ring (bicyclic) bond motifs is 1. The largest absolute Gasteiger partial charge is 0.481 e. The highest BCUT2D eigenvalue weighted by atomic mass is 16.4. The van der Waals surface area contributed by atoms with E-state index in [1.165, 1.54) is 4.68 Å². The molecule has 2 heterocycles. The average molecular weight is 343 g/mol. The van der Waals surface area contributed by atoms with Crippen molar-refractivity contribution < 1.29 is 14.7 Å². The lowest BCUT2D eigenvalue weighted by Crippen LogP contribution is -2.43. The Kier molecular flexibility index (Phi) is 5.11. The number of hydrogen-bond donors (Lipinski definition) is 1. The number of carbonyl (C=O) groups excluding carboxylic acids is 1. The normalized spacial score (nSPS) is 17.6. The number of benzene rings is 1. The standard InChI is InChI=1S/C18H21N3O4/c22-16(20-9-3-4-13(11-20)7-8-17(23)24)12-21-18(25)15-6-2-1-5-14(15)10-19-21/h1-2,5-6,10,13H,3-4,7-9,11-12H2,(H,23,24). The first kappa shape index (κ1) is 17.1. The van der Waals surface area contributed by atoms with E-state index in [0.717, 1.165) is 18.2 Å². The zero-order valence-electron chi connectivity index (χ0n) is 13.9. The molecule has 1 atom stereocenters. The Bertz CT molecular complexity index is 846. The number of aromatic nitrogens is 2. The Morgan fingerprint density at radius 3 is 2.88 bits per heavy atom. The first-order valence-corrected chi connectivity index (χ1v) is 8.49. The lowest BCUT2D eigenvalue weighted by molar-refractivity contribution is -0.137. The van der Waals surface area contributed by atoms with Crippen LogP contribution in [-0.4, -0.2) is 44.8 Å². The van der Waals surface area contributed by atoms with Gasteiger partial charge in [-0.2, -0.15) is 5.10 Å². The van der Waals surface area contributed by atoms with Crippen LogP contribution in [0.1, 0.15) is 25.7 Å². The van der Waals surface area contributed by atoms with Crippen LogP contribution < -0.4 is 5.56 Å². The second-order valence-corrected chi connectivity index (χ2v) is 6.48. The summed E-state index contributed by atoms with van der Waals surface area (Å²) in [7, 11) is 0. The smallest absolute Gasteiger partial charge is 0.303 e. The number of amides is 1.